The Kier molecular flexibility index (Phi) is 9.79. The lowest BCUT2D eigenvalue weighted by molar-refractivity contribution is -0.158. The van der Waals surface area contributed by atoms with Crippen molar-refractivity contribution < 1.29 is 23.9 Å². The number of carbonyl (C=O) groups is 4. The minimum atomic E-state index is -1.29. The third-order valence-corrected chi connectivity index (χ3v) is 9.23. The summed E-state index contributed by atoms with van der Waals surface area (Å²) in [6.07, 6.45) is 3.88. The van der Waals surface area contributed by atoms with Crippen molar-refractivity contribution >= 4 is 31.7 Å². The minimum absolute atomic E-state index is 0.0685. The third-order valence-electron chi connectivity index (χ3n) is 7.52. The van der Waals surface area contributed by atoms with Crippen LogP contribution in [0.2, 0.25) is 25.7 Å². The number of ether oxygens (including phenoxy) is 1. The molecule has 0 spiro atoms. The van der Waals surface area contributed by atoms with Gasteiger partial charge in [-0.15, -0.1) is 0 Å². The highest BCUT2D eigenvalue weighted by atomic mass is 28.3. The molecule has 0 aromatic heterocycles. The lowest BCUT2D eigenvalue weighted by Gasteiger charge is -2.35. The highest BCUT2D eigenvalue weighted by Crippen LogP contribution is 2.31. The number of piperidine rings is 1. The van der Waals surface area contributed by atoms with E-state index in [2.05, 4.69) is 31.5 Å². The summed E-state index contributed by atoms with van der Waals surface area (Å²) in [5.41, 5.74) is 9.14. The summed E-state index contributed by atoms with van der Waals surface area (Å²) < 4.78 is 5.70. The summed E-state index contributed by atoms with van der Waals surface area (Å²) >= 11 is 0. The lowest BCUT2D eigenvalue weighted by atomic mass is 10.0. The number of likely N-dealkylation sites (tertiary alicyclic amines) is 1. The van der Waals surface area contributed by atoms with Crippen molar-refractivity contribution in [2.45, 2.75) is 76.8 Å². The minimum Gasteiger partial charge on any atom is -0.366 e. The van der Waals surface area contributed by atoms with Crippen LogP contribution in [0.3, 0.4) is 0 Å². The molecule has 1 unspecified atom stereocenters. The predicted octanol–water partition coefficient (Wildman–Crippen LogP) is 4.34. The molecule has 1 atom stereocenters. The van der Waals surface area contributed by atoms with Gasteiger partial charge in [-0.2, -0.15) is 0 Å². The molecule has 1 fully saturated rings. The molecule has 9 heteroatoms. The Morgan fingerprint density at radius 3 is 2.63 bits per heavy atom. The Hall–Kier alpha value is -3.74. The van der Waals surface area contributed by atoms with Crippen LogP contribution >= 0.6 is 0 Å². The Bertz CT molecular complexity index is 1390. The molecule has 0 bridgehead atoms. The van der Waals surface area contributed by atoms with Gasteiger partial charge in [-0.05, 0) is 67.1 Å². The Balaban J connectivity index is 1.34. The van der Waals surface area contributed by atoms with Crippen molar-refractivity contribution in [2.75, 3.05) is 13.3 Å². The van der Waals surface area contributed by atoms with Crippen LogP contribution < -0.4 is 5.73 Å². The topological polar surface area (TPSA) is 110 Å². The van der Waals surface area contributed by atoms with Crippen LogP contribution in [0.15, 0.2) is 42.5 Å². The highest BCUT2D eigenvalue weighted by Gasteiger charge is 2.43. The molecule has 0 aliphatic carbocycles. The SMILES string of the molecule is C[Si](C)(C)CCOCN1C(=O)CCC(N2Cc3c(C#CCCCCc4cccc(C(N)=O)c4)cccc3C2=O)C1=O. The van der Waals surface area contributed by atoms with Crippen LogP contribution in [0, 0.1) is 11.8 Å². The number of carbonyl (C=O) groups excluding carboxylic acids is 4. The first-order chi connectivity index (χ1) is 19.5. The fourth-order valence-electron chi connectivity index (χ4n) is 5.08. The van der Waals surface area contributed by atoms with Gasteiger partial charge in [0, 0.05) is 50.8 Å². The van der Waals surface area contributed by atoms with Crippen molar-refractivity contribution in [3.8, 4) is 11.8 Å². The summed E-state index contributed by atoms with van der Waals surface area (Å²) in [4.78, 5) is 53.3. The zero-order chi connectivity index (χ0) is 29.6. The molecule has 0 saturated carbocycles. The monoisotopic (exact) mass is 573 g/mol. The first-order valence-corrected chi connectivity index (χ1v) is 18.0. The largest absolute Gasteiger partial charge is 0.366 e. The smallest absolute Gasteiger partial charge is 0.255 e. The Morgan fingerprint density at radius 1 is 1.10 bits per heavy atom. The molecular weight excluding hydrogens is 534 g/mol. The fourth-order valence-corrected chi connectivity index (χ4v) is 5.84. The van der Waals surface area contributed by atoms with Crippen LogP contribution in [0.5, 0.6) is 0 Å². The van der Waals surface area contributed by atoms with Crippen LogP contribution in [0.1, 0.15) is 69.5 Å². The quantitative estimate of drug-likeness (QED) is 0.186. The maximum absolute atomic E-state index is 13.3. The van der Waals surface area contributed by atoms with Crippen molar-refractivity contribution in [1.82, 2.24) is 9.80 Å². The molecule has 8 nitrogen and oxygen atoms in total. The number of benzene rings is 2. The van der Waals surface area contributed by atoms with E-state index in [1.807, 2.05) is 30.3 Å². The van der Waals surface area contributed by atoms with E-state index in [4.69, 9.17) is 10.5 Å². The Labute approximate surface area is 243 Å². The number of nitrogens with two attached hydrogens (primary N) is 1. The number of unbranched alkanes of at least 4 members (excludes halogenated alkanes) is 2. The average Bonchev–Trinajstić information content (AvgIpc) is 3.26. The maximum atomic E-state index is 13.3. The zero-order valence-corrected chi connectivity index (χ0v) is 25.2. The number of rotatable bonds is 11. The van der Waals surface area contributed by atoms with E-state index < -0.39 is 20.0 Å². The normalized spacial score (nSPS) is 17.0. The zero-order valence-electron chi connectivity index (χ0n) is 24.2. The van der Waals surface area contributed by atoms with E-state index in [1.165, 1.54) is 4.90 Å². The summed E-state index contributed by atoms with van der Waals surface area (Å²) in [5.74, 6) is 5.21. The lowest BCUT2D eigenvalue weighted by Crippen LogP contribution is -2.55. The molecule has 4 amide bonds. The first kappa shape index (κ1) is 30.2. The molecule has 4 rings (SSSR count). The number of amides is 4. The average molecular weight is 574 g/mol. The molecule has 2 N–H and O–H groups in total. The number of aryl methyl sites for hydroxylation is 1. The molecule has 2 aliphatic heterocycles. The van der Waals surface area contributed by atoms with Gasteiger partial charge < -0.3 is 15.4 Å². The molecule has 41 heavy (non-hydrogen) atoms. The molecular formula is C32H39N3O5Si. The van der Waals surface area contributed by atoms with E-state index in [9.17, 15) is 19.2 Å². The van der Waals surface area contributed by atoms with Gasteiger partial charge >= 0.3 is 0 Å². The molecule has 1 saturated heterocycles. The van der Waals surface area contributed by atoms with E-state index >= 15 is 0 Å². The second-order valence-corrected chi connectivity index (χ2v) is 17.5. The predicted molar refractivity (Wildman–Crippen MR) is 160 cm³/mol. The van der Waals surface area contributed by atoms with Crippen LogP contribution in [-0.4, -0.2) is 60.9 Å². The number of hydrogen-bond donors (Lipinski definition) is 1. The number of primary amides is 1. The second-order valence-electron chi connectivity index (χ2n) is 11.9. The summed E-state index contributed by atoms with van der Waals surface area (Å²) in [5, 5.41) is 0. The van der Waals surface area contributed by atoms with E-state index in [0.717, 1.165) is 42.0 Å². The van der Waals surface area contributed by atoms with Gasteiger partial charge in [0.2, 0.25) is 11.8 Å². The van der Waals surface area contributed by atoms with Crippen molar-refractivity contribution in [3.05, 3.63) is 70.3 Å². The number of hydrogen-bond acceptors (Lipinski definition) is 5. The second kappa shape index (κ2) is 13.3. The van der Waals surface area contributed by atoms with Gasteiger partial charge in [-0.25, -0.2) is 0 Å². The summed E-state index contributed by atoms with van der Waals surface area (Å²) in [6, 6.07) is 13.1. The third kappa shape index (κ3) is 7.72. The molecule has 2 aromatic carbocycles. The molecule has 0 radical (unpaired) electrons. The number of fused-ring (bicyclic) bond motifs is 1. The standard InChI is InChI=1S/C32H39N3O5Si/c1-41(2,3)19-18-40-22-35-29(36)17-16-28(32(35)39)34-21-27-24(13-9-15-26(27)31(34)38)12-7-5-4-6-10-23-11-8-14-25(20-23)30(33)37/h8-9,11,13-15,20,28H,4-6,10,16-19,21-22H2,1-3H3,(H2,33,37). The number of nitrogens with zero attached hydrogens (tertiary/aromatic N) is 2. The molecule has 2 aliphatic rings. The first-order valence-electron chi connectivity index (χ1n) is 14.3. The van der Waals surface area contributed by atoms with E-state index in [-0.39, 0.29) is 30.9 Å². The van der Waals surface area contributed by atoms with Gasteiger partial charge in [-0.3, -0.25) is 24.1 Å². The summed E-state index contributed by atoms with van der Waals surface area (Å²) in [6.45, 7) is 7.47. The van der Waals surface area contributed by atoms with E-state index in [1.54, 1.807) is 17.0 Å². The maximum Gasteiger partial charge on any atom is 0.255 e. The summed E-state index contributed by atoms with van der Waals surface area (Å²) in [7, 11) is -1.29. The van der Waals surface area contributed by atoms with Gasteiger partial charge in [0.15, 0.2) is 0 Å². The molecule has 2 heterocycles. The van der Waals surface area contributed by atoms with Gasteiger partial charge in [0.05, 0.1) is 0 Å². The van der Waals surface area contributed by atoms with Crippen molar-refractivity contribution in [2.24, 2.45) is 5.73 Å². The van der Waals surface area contributed by atoms with Crippen LogP contribution in [0.4, 0.5) is 0 Å². The highest BCUT2D eigenvalue weighted by molar-refractivity contribution is 6.76. The fraction of sp³-hybridized carbons (Fsp3) is 0.438. The van der Waals surface area contributed by atoms with Crippen LogP contribution in [0.25, 0.3) is 0 Å². The van der Waals surface area contributed by atoms with Gasteiger partial charge in [-0.1, -0.05) is 49.7 Å². The number of imide groups is 1. The molecule has 2 aromatic rings. The Morgan fingerprint density at radius 2 is 1.88 bits per heavy atom. The molecule has 216 valence electrons. The van der Waals surface area contributed by atoms with E-state index in [0.29, 0.717) is 37.1 Å². The van der Waals surface area contributed by atoms with Crippen molar-refractivity contribution in [3.63, 3.8) is 0 Å². The van der Waals surface area contributed by atoms with Gasteiger partial charge in [0.1, 0.15) is 12.8 Å². The van der Waals surface area contributed by atoms with Crippen LogP contribution in [-0.2, 0) is 27.3 Å². The van der Waals surface area contributed by atoms with Crippen molar-refractivity contribution in [1.29, 1.82) is 0 Å². The van der Waals surface area contributed by atoms with Gasteiger partial charge in [0.25, 0.3) is 11.8 Å².